The van der Waals surface area contributed by atoms with Crippen molar-refractivity contribution in [3.05, 3.63) is 29.8 Å². The van der Waals surface area contributed by atoms with Gasteiger partial charge in [-0.25, -0.2) is 0 Å². The van der Waals surface area contributed by atoms with Crippen LogP contribution in [0.15, 0.2) is 24.3 Å². The minimum atomic E-state index is -0.903. The second kappa shape index (κ2) is 5.30. The molecule has 0 saturated heterocycles. The Labute approximate surface area is 112 Å². The first-order valence-corrected chi connectivity index (χ1v) is 6.51. The molecule has 0 aromatic heterocycles. The largest absolute Gasteiger partial charge is 0.399 e. The van der Waals surface area contributed by atoms with Crippen molar-refractivity contribution in [3.8, 4) is 0 Å². The maximum Gasteiger partial charge on any atom is 0.252 e. The maximum atomic E-state index is 12.2. The van der Waals surface area contributed by atoms with Crippen molar-refractivity contribution in [2.45, 2.75) is 37.6 Å². The van der Waals surface area contributed by atoms with Crippen molar-refractivity contribution in [1.29, 1.82) is 0 Å². The number of rotatable bonds is 3. The van der Waals surface area contributed by atoms with Crippen LogP contribution in [0.3, 0.4) is 0 Å². The van der Waals surface area contributed by atoms with Crippen molar-refractivity contribution >= 4 is 17.5 Å². The summed E-state index contributed by atoms with van der Waals surface area (Å²) in [4.78, 5) is 23.9. The number of nitrogens with two attached hydrogens (primary N) is 2. The molecule has 2 rings (SSSR count). The highest BCUT2D eigenvalue weighted by Crippen LogP contribution is 2.28. The zero-order valence-electron chi connectivity index (χ0n) is 10.8. The van der Waals surface area contributed by atoms with Crippen LogP contribution in [0.4, 0.5) is 5.69 Å². The Balaban J connectivity index is 2.18. The lowest BCUT2D eigenvalue weighted by Gasteiger charge is -2.35. The molecule has 0 spiro atoms. The molecular weight excluding hydrogens is 242 g/mol. The molecule has 2 amide bonds. The van der Waals surface area contributed by atoms with E-state index in [2.05, 4.69) is 5.32 Å². The number of hydrogen-bond acceptors (Lipinski definition) is 3. The van der Waals surface area contributed by atoms with Crippen molar-refractivity contribution in [2.24, 2.45) is 5.73 Å². The van der Waals surface area contributed by atoms with Crippen LogP contribution in [0, 0.1) is 0 Å². The predicted molar refractivity (Wildman–Crippen MR) is 73.3 cm³/mol. The first-order valence-electron chi connectivity index (χ1n) is 6.51. The lowest BCUT2D eigenvalue weighted by atomic mass is 9.81. The molecule has 1 aliphatic carbocycles. The van der Waals surface area contributed by atoms with Crippen LogP contribution in [-0.2, 0) is 4.79 Å². The molecule has 1 saturated carbocycles. The van der Waals surface area contributed by atoms with Gasteiger partial charge in [-0.2, -0.15) is 0 Å². The highest BCUT2D eigenvalue weighted by atomic mass is 16.2. The Morgan fingerprint density at radius 1 is 1.16 bits per heavy atom. The van der Waals surface area contributed by atoms with E-state index >= 15 is 0 Å². The molecule has 5 nitrogen and oxygen atoms in total. The summed E-state index contributed by atoms with van der Waals surface area (Å²) in [6.07, 6.45) is 4.09. The fourth-order valence-corrected chi connectivity index (χ4v) is 2.56. The Bertz CT molecular complexity index is 493. The van der Waals surface area contributed by atoms with Crippen molar-refractivity contribution in [3.63, 3.8) is 0 Å². The lowest BCUT2D eigenvalue weighted by Crippen LogP contribution is -2.58. The van der Waals surface area contributed by atoms with E-state index < -0.39 is 11.4 Å². The fraction of sp³-hybridized carbons (Fsp3) is 0.429. The van der Waals surface area contributed by atoms with Gasteiger partial charge < -0.3 is 16.8 Å². The Morgan fingerprint density at radius 2 is 1.84 bits per heavy atom. The number of primary amides is 1. The van der Waals surface area contributed by atoms with E-state index in [9.17, 15) is 9.59 Å². The van der Waals surface area contributed by atoms with Crippen LogP contribution in [0.1, 0.15) is 42.5 Å². The predicted octanol–water partition coefficient (Wildman–Crippen LogP) is 1.19. The van der Waals surface area contributed by atoms with Gasteiger partial charge >= 0.3 is 0 Å². The molecule has 0 heterocycles. The van der Waals surface area contributed by atoms with Crippen LogP contribution in [0.5, 0.6) is 0 Å². The van der Waals surface area contributed by atoms with Crippen molar-refractivity contribution in [2.75, 3.05) is 5.73 Å². The van der Waals surface area contributed by atoms with E-state index in [4.69, 9.17) is 11.5 Å². The van der Waals surface area contributed by atoms with E-state index in [0.29, 0.717) is 24.1 Å². The van der Waals surface area contributed by atoms with Crippen molar-refractivity contribution in [1.82, 2.24) is 5.32 Å². The second-order valence-corrected chi connectivity index (χ2v) is 5.09. The molecule has 0 unspecified atom stereocenters. The smallest absolute Gasteiger partial charge is 0.252 e. The molecule has 0 aliphatic heterocycles. The summed E-state index contributed by atoms with van der Waals surface area (Å²) in [5.41, 5.74) is 11.2. The molecule has 102 valence electrons. The SMILES string of the molecule is NC(=O)C1(NC(=O)c2cccc(N)c2)CCCCC1. The first-order chi connectivity index (χ1) is 9.03. The number of benzene rings is 1. The number of hydrogen-bond donors (Lipinski definition) is 3. The van der Waals surface area contributed by atoms with E-state index in [1.54, 1.807) is 24.3 Å². The molecule has 1 aromatic rings. The second-order valence-electron chi connectivity index (χ2n) is 5.09. The quantitative estimate of drug-likeness (QED) is 0.713. The van der Waals surface area contributed by atoms with Crippen molar-refractivity contribution < 1.29 is 9.59 Å². The monoisotopic (exact) mass is 261 g/mol. The molecule has 5 heteroatoms. The highest BCUT2D eigenvalue weighted by molar-refractivity contribution is 5.99. The van der Waals surface area contributed by atoms with E-state index in [1.165, 1.54) is 0 Å². The summed E-state index contributed by atoms with van der Waals surface area (Å²) in [6.45, 7) is 0. The number of nitrogens with one attached hydrogen (secondary N) is 1. The van der Waals surface area contributed by atoms with Gasteiger partial charge in [-0.15, -0.1) is 0 Å². The summed E-state index contributed by atoms with van der Waals surface area (Å²) in [6, 6.07) is 6.68. The highest BCUT2D eigenvalue weighted by Gasteiger charge is 2.39. The van der Waals surface area contributed by atoms with Crippen LogP contribution in [0.2, 0.25) is 0 Å². The molecule has 1 fully saturated rings. The standard InChI is InChI=1S/C14H19N3O2/c15-11-6-4-5-10(9-11)12(18)17-14(13(16)19)7-2-1-3-8-14/h4-6,9H,1-3,7-8,15H2,(H2,16,19)(H,17,18). The fourth-order valence-electron chi connectivity index (χ4n) is 2.56. The third kappa shape index (κ3) is 2.86. The molecule has 1 aromatic carbocycles. The first kappa shape index (κ1) is 13.4. The molecule has 0 bridgehead atoms. The summed E-state index contributed by atoms with van der Waals surface area (Å²) >= 11 is 0. The molecular formula is C14H19N3O2. The van der Waals surface area contributed by atoms with Gasteiger partial charge in [0.15, 0.2) is 0 Å². The van der Waals surface area contributed by atoms with Gasteiger partial charge in [0.2, 0.25) is 5.91 Å². The van der Waals surface area contributed by atoms with Gasteiger partial charge in [-0.1, -0.05) is 25.3 Å². The number of amides is 2. The molecule has 1 aliphatic rings. The molecule has 19 heavy (non-hydrogen) atoms. The summed E-state index contributed by atoms with van der Waals surface area (Å²) in [5.74, 6) is -0.752. The van der Waals surface area contributed by atoms with E-state index in [0.717, 1.165) is 19.3 Å². The Morgan fingerprint density at radius 3 is 2.42 bits per heavy atom. The minimum Gasteiger partial charge on any atom is -0.399 e. The number of carbonyl (C=O) groups is 2. The van der Waals surface area contributed by atoms with Gasteiger partial charge in [-0.3, -0.25) is 9.59 Å². The van der Waals surface area contributed by atoms with Crippen LogP contribution in [0.25, 0.3) is 0 Å². The molecule has 0 radical (unpaired) electrons. The average Bonchev–Trinajstić information content (AvgIpc) is 2.39. The Kier molecular flexibility index (Phi) is 3.74. The zero-order valence-corrected chi connectivity index (χ0v) is 10.8. The van der Waals surface area contributed by atoms with Gasteiger partial charge in [0.25, 0.3) is 5.91 Å². The van der Waals surface area contributed by atoms with Crippen LogP contribution in [-0.4, -0.2) is 17.4 Å². The third-order valence-electron chi connectivity index (χ3n) is 3.68. The van der Waals surface area contributed by atoms with E-state index in [1.807, 2.05) is 0 Å². The topological polar surface area (TPSA) is 98.2 Å². The average molecular weight is 261 g/mol. The van der Waals surface area contributed by atoms with Gasteiger partial charge in [0, 0.05) is 11.3 Å². The number of carbonyl (C=O) groups excluding carboxylic acids is 2. The normalized spacial score (nSPS) is 17.7. The van der Waals surface area contributed by atoms with Gasteiger partial charge in [0.1, 0.15) is 5.54 Å². The van der Waals surface area contributed by atoms with Gasteiger partial charge in [-0.05, 0) is 31.0 Å². The lowest BCUT2D eigenvalue weighted by molar-refractivity contribution is -0.125. The maximum absolute atomic E-state index is 12.2. The van der Waals surface area contributed by atoms with E-state index in [-0.39, 0.29) is 5.91 Å². The molecule has 0 atom stereocenters. The molecule has 5 N–H and O–H groups in total. The summed E-state index contributed by atoms with van der Waals surface area (Å²) in [7, 11) is 0. The Hall–Kier alpha value is -2.04. The van der Waals surface area contributed by atoms with Gasteiger partial charge in [0.05, 0.1) is 0 Å². The zero-order chi connectivity index (χ0) is 13.9. The third-order valence-corrected chi connectivity index (χ3v) is 3.68. The van der Waals surface area contributed by atoms with Crippen LogP contribution < -0.4 is 16.8 Å². The number of anilines is 1. The summed E-state index contributed by atoms with van der Waals surface area (Å²) in [5, 5.41) is 2.81. The minimum absolute atomic E-state index is 0.298. The summed E-state index contributed by atoms with van der Waals surface area (Å²) < 4.78 is 0. The van der Waals surface area contributed by atoms with Crippen LogP contribution >= 0.6 is 0 Å². The number of nitrogen functional groups attached to an aromatic ring is 1.